The van der Waals surface area contributed by atoms with Crippen molar-refractivity contribution in [1.82, 2.24) is 16.2 Å². The van der Waals surface area contributed by atoms with Gasteiger partial charge in [0.05, 0.1) is 12.1 Å². The summed E-state index contributed by atoms with van der Waals surface area (Å²) in [6, 6.07) is 9.50. The molecule has 5 nitrogen and oxygen atoms in total. The molecule has 2 rings (SSSR count). The van der Waals surface area contributed by atoms with Crippen LogP contribution in [0.4, 0.5) is 8.78 Å². The summed E-state index contributed by atoms with van der Waals surface area (Å²) in [5.41, 5.74) is 5.17. The molecule has 0 bridgehead atoms. The van der Waals surface area contributed by atoms with E-state index in [1.165, 1.54) is 6.07 Å². The molecule has 132 valence electrons. The zero-order valence-electron chi connectivity index (χ0n) is 13.3. The van der Waals surface area contributed by atoms with Gasteiger partial charge in [-0.1, -0.05) is 18.2 Å². The second-order valence-corrected chi connectivity index (χ2v) is 6.10. The van der Waals surface area contributed by atoms with Gasteiger partial charge in [-0.05, 0) is 41.1 Å². The molecule has 0 unspecified atom stereocenters. The van der Waals surface area contributed by atoms with Crippen molar-refractivity contribution in [2.45, 2.75) is 13.0 Å². The Hall–Kier alpha value is -2.32. The van der Waals surface area contributed by atoms with Gasteiger partial charge < -0.3 is 5.32 Å². The first-order chi connectivity index (χ1) is 11.9. The molecular formula is C17H16BrF2N3O2. The lowest BCUT2D eigenvalue weighted by Crippen LogP contribution is -2.45. The monoisotopic (exact) mass is 411 g/mol. The van der Waals surface area contributed by atoms with Crippen LogP contribution in [0.5, 0.6) is 0 Å². The summed E-state index contributed by atoms with van der Waals surface area (Å²) in [4.78, 5) is 23.7. The van der Waals surface area contributed by atoms with E-state index in [9.17, 15) is 18.4 Å². The Balaban J connectivity index is 1.82. The molecular weight excluding hydrogens is 396 g/mol. The summed E-state index contributed by atoms with van der Waals surface area (Å²) in [6.07, 6.45) is 0. The van der Waals surface area contributed by atoms with E-state index >= 15 is 0 Å². The Kier molecular flexibility index (Phi) is 6.60. The quantitative estimate of drug-likeness (QED) is 0.662. The largest absolute Gasteiger partial charge is 0.302 e. The SMILES string of the molecule is C[C@H](NCC(=O)NNC(=O)c1ccccc1Br)c1ccc(F)cc1F. The Bertz CT molecular complexity index is 786. The summed E-state index contributed by atoms with van der Waals surface area (Å²) in [5.74, 6) is -2.34. The molecule has 1 atom stereocenters. The number of nitrogens with one attached hydrogen (secondary N) is 3. The van der Waals surface area contributed by atoms with Crippen molar-refractivity contribution >= 4 is 27.7 Å². The van der Waals surface area contributed by atoms with E-state index in [4.69, 9.17) is 0 Å². The number of carbonyl (C=O) groups is 2. The van der Waals surface area contributed by atoms with Gasteiger partial charge in [0.2, 0.25) is 0 Å². The zero-order valence-corrected chi connectivity index (χ0v) is 14.9. The fourth-order valence-corrected chi connectivity index (χ4v) is 2.56. The highest BCUT2D eigenvalue weighted by atomic mass is 79.9. The van der Waals surface area contributed by atoms with Crippen molar-refractivity contribution in [3.05, 3.63) is 69.7 Å². The highest BCUT2D eigenvalue weighted by Crippen LogP contribution is 2.17. The molecule has 0 radical (unpaired) electrons. The minimum absolute atomic E-state index is 0.159. The molecule has 0 fully saturated rings. The number of amides is 2. The first kappa shape index (κ1) is 19.0. The van der Waals surface area contributed by atoms with Crippen molar-refractivity contribution in [2.24, 2.45) is 0 Å². The molecule has 0 saturated carbocycles. The van der Waals surface area contributed by atoms with Crippen LogP contribution in [-0.4, -0.2) is 18.4 Å². The highest BCUT2D eigenvalue weighted by Gasteiger charge is 2.14. The molecule has 2 amide bonds. The van der Waals surface area contributed by atoms with E-state index in [1.807, 2.05) is 0 Å². The van der Waals surface area contributed by atoms with Gasteiger partial charge in [0.25, 0.3) is 11.8 Å². The van der Waals surface area contributed by atoms with Crippen LogP contribution in [0.2, 0.25) is 0 Å². The molecule has 0 aliphatic carbocycles. The maximum Gasteiger partial charge on any atom is 0.270 e. The van der Waals surface area contributed by atoms with Gasteiger partial charge in [0.1, 0.15) is 11.6 Å². The zero-order chi connectivity index (χ0) is 18.4. The molecule has 3 N–H and O–H groups in total. The van der Waals surface area contributed by atoms with Gasteiger partial charge in [-0.25, -0.2) is 8.78 Å². The average molecular weight is 412 g/mol. The fraction of sp³-hybridized carbons (Fsp3) is 0.176. The highest BCUT2D eigenvalue weighted by molar-refractivity contribution is 9.10. The maximum absolute atomic E-state index is 13.7. The molecule has 2 aromatic rings. The van der Waals surface area contributed by atoms with Crippen LogP contribution in [-0.2, 0) is 4.79 Å². The number of hydrogen-bond donors (Lipinski definition) is 3. The van der Waals surface area contributed by atoms with Gasteiger partial charge in [-0.3, -0.25) is 20.4 Å². The van der Waals surface area contributed by atoms with Crippen LogP contribution in [0.3, 0.4) is 0 Å². The van der Waals surface area contributed by atoms with Crippen molar-refractivity contribution in [3.63, 3.8) is 0 Å². The second-order valence-electron chi connectivity index (χ2n) is 5.25. The number of hydrogen-bond acceptors (Lipinski definition) is 3. The summed E-state index contributed by atoms with van der Waals surface area (Å²) < 4.78 is 27.2. The van der Waals surface area contributed by atoms with Crippen molar-refractivity contribution < 1.29 is 18.4 Å². The Morgan fingerprint density at radius 2 is 1.84 bits per heavy atom. The van der Waals surface area contributed by atoms with Gasteiger partial charge in [-0.15, -0.1) is 0 Å². The summed E-state index contributed by atoms with van der Waals surface area (Å²) in [5, 5.41) is 2.80. The van der Waals surface area contributed by atoms with Crippen LogP contribution in [0.15, 0.2) is 46.9 Å². The third-order valence-electron chi connectivity index (χ3n) is 3.43. The molecule has 0 aliphatic heterocycles. The topological polar surface area (TPSA) is 70.2 Å². The Labute approximate surface area is 151 Å². The first-order valence-electron chi connectivity index (χ1n) is 7.40. The average Bonchev–Trinajstić information content (AvgIpc) is 2.58. The van der Waals surface area contributed by atoms with Crippen molar-refractivity contribution in [3.8, 4) is 0 Å². The summed E-state index contributed by atoms with van der Waals surface area (Å²) in [6.45, 7) is 1.48. The molecule has 0 heterocycles. The molecule has 25 heavy (non-hydrogen) atoms. The fourth-order valence-electron chi connectivity index (χ4n) is 2.09. The lowest BCUT2D eigenvalue weighted by molar-refractivity contribution is -0.121. The van der Waals surface area contributed by atoms with Gasteiger partial charge in [-0.2, -0.15) is 0 Å². The predicted molar refractivity (Wildman–Crippen MR) is 92.5 cm³/mol. The number of carbonyl (C=O) groups excluding carboxylic acids is 2. The minimum Gasteiger partial charge on any atom is -0.302 e. The van der Waals surface area contributed by atoms with E-state index in [-0.39, 0.29) is 12.1 Å². The standard InChI is InChI=1S/C17H16BrF2N3O2/c1-10(12-7-6-11(19)8-15(12)20)21-9-16(24)22-23-17(25)13-4-2-3-5-14(13)18/h2-8,10,21H,9H2,1H3,(H,22,24)(H,23,25)/t10-/m0/s1. The molecule has 0 aliphatic rings. The van der Waals surface area contributed by atoms with E-state index in [2.05, 4.69) is 32.1 Å². The minimum atomic E-state index is -0.692. The lowest BCUT2D eigenvalue weighted by Gasteiger charge is -2.15. The number of halogens is 3. The van der Waals surface area contributed by atoms with Gasteiger partial charge in [0, 0.05) is 22.1 Å². The smallest absolute Gasteiger partial charge is 0.270 e. The summed E-state index contributed by atoms with van der Waals surface area (Å²) in [7, 11) is 0. The van der Waals surface area contributed by atoms with E-state index < -0.39 is 29.5 Å². The third-order valence-corrected chi connectivity index (χ3v) is 4.12. The van der Waals surface area contributed by atoms with Crippen molar-refractivity contribution in [1.29, 1.82) is 0 Å². The van der Waals surface area contributed by atoms with E-state index in [0.717, 1.165) is 12.1 Å². The summed E-state index contributed by atoms with van der Waals surface area (Å²) >= 11 is 3.24. The van der Waals surface area contributed by atoms with Crippen LogP contribution in [0.25, 0.3) is 0 Å². The van der Waals surface area contributed by atoms with Gasteiger partial charge >= 0.3 is 0 Å². The third kappa shape index (κ3) is 5.33. The molecule has 2 aromatic carbocycles. The van der Waals surface area contributed by atoms with Crippen LogP contribution < -0.4 is 16.2 Å². The number of rotatable bonds is 5. The molecule has 0 spiro atoms. The normalized spacial score (nSPS) is 11.7. The van der Waals surface area contributed by atoms with E-state index in [0.29, 0.717) is 10.0 Å². The predicted octanol–water partition coefficient (Wildman–Crippen LogP) is 2.84. The van der Waals surface area contributed by atoms with Crippen molar-refractivity contribution in [2.75, 3.05) is 6.54 Å². The molecule has 0 aromatic heterocycles. The number of hydrazine groups is 1. The Morgan fingerprint density at radius 1 is 1.12 bits per heavy atom. The lowest BCUT2D eigenvalue weighted by atomic mass is 10.1. The number of benzene rings is 2. The van der Waals surface area contributed by atoms with Crippen LogP contribution in [0.1, 0.15) is 28.9 Å². The molecule has 8 heteroatoms. The maximum atomic E-state index is 13.7. The van der Waals surface area contributed by atoms with Crippen LogP contribution in [0, 0.1) is 11.6 Å². The molecule has 0 saturated heterocycles. The first-order valence-corrected chi connectivity index (χ1v) is 8.20. The van der Waals surface area contributed by atoms with E-state index in [1.54, 1.807) is 31.2 Å². The second kappa shape index (κ2) is 8.68. The van der Waals surface area contributed by atoms with Crippen LogP contribution >= 0.6 is 15.9 Å². The Morgan fingerprint density at radius 3 is 2.52 bits per heavy atom. The van der Waals surface area contributed by atoms with Gasteiger partial charge in [0.15, 0.2) is 0 Å².